The van der Waals surface area contributed by atoms with Crippen LogP contribution >= 0.6 is 0 Å². The molecule has 0 saturated carbocycles. The molecule has 0 bridgehead atoms. The predicted molar refractivity (Wildman–Crippen MR) is 71.5 cm³/mol. The Morgan fingerprint density at radius 2 is 1.95 bits per heavy atom. The first-order valence-electron chi connectivity index (χ1n) is 6.19. The standard InChI is InChI=1S/C16H14O3/c1-18-13-8-7-12-9-14(17)16(19-15(12)10-13)11-5-3-2-4-6-11/h2-8,10,16H,9H2,1H3. The average Bonchev–Trinajstić information content (AvgIpc) is 2.47. The third-order valence-corrected chi connectivity index (χ3v) is 3.28. The summed E-state index contributed by atoms with van der Waals surface area (Å²) in [7, 11) is 1.62. The van der Waals surface area contributed by atoms with Crippen molar-refractivity contribution in [3.63, 3.8) is 0 Å². The van der Waals surface area contributed by atoms with Crippen molar-refractivity contribution in [2.24, 2.45) is 0 Å². The Labute approximate surface area is 111 Å². The summed E-state index contributed by atoms with van der Waals surface area (Å²) in [6, 6.07) is 15.1. The molecule has 0 saturated heterocycles. The van der Waals surface area contributed by atoms with Crippen molar-refractivity contribution in [2.45, 2.75) is 12.5 Å². The minimum absolute atomic E-state index is 0.0869. The number of ketones is 1. The molecule has 3 rings (SSSR count). The third kappa shape index (κ3) is 2.19. The largest absolute Gasteiger partial charge is 0.497 e. The summed E-state index contributed by atoms with van der Waals surface area (Å²) < 4.78 is 11.0. The maximum Gasteiger partial charge on any atom is 0.182 e. The van der Waals surface area contributed by atoms with E-state index in [1.54, 1.807) is 7.11 Å². The molecule has 1 heterocycles. The number of fused-ring (bicyclic) bond motifs is 1. The van der Waals surface area contributed by atoms with E-state index >= 15 is 0 Å². The Kier molecular flexibility index (Phi) is 2.95. The summed E-state index contributed by atoms with van der Waals surface area (Å²) in [5.74, 6) is 1.55. The lowest BCUT2D eigenvalue weighted by atomic mass is 9.96. The highest BCUT2D eigenvalue weighted by Crippen LogP contribution is 2.35. The van der Waals surface area contributed by atoms with Gasteiger partial charge in [-0.1, -0.05) is 36.4 Å². The highest BCUT2D eigenvalue weighted by atomic mass is 16.5. The molecular formula is C16H14O3. The fraction of sp³-hybridized carbons (Fsp3) is 0.188. The first-order valence-corrected chi connectivity index (χ1v) is 6.19. The van der Waals surface area contributed by atoms with E-state index in [2.05, 4.69) is 0 Å². The van der Waals surface area contributed by atoms with Crippen LogP contribution in [0.25, 0.3) is 0 Å². The zero-order valence-corrected chi connectivity index (χ0v) is 10.6. The zero-order chi connectivity index (χ0) is 13.2. The average molecular weight is 254 g/mol. The molecule has 2 aromatic rings. The van der Waals surface area contributed by atoms with E-state index in [9.17, 15) is 4.79 Å². The van der Waals surface area contributed by atoms with Gasteiger partial charge < -0.3 is 9.47 Å². The molecule has 2 aromatic carbocycles. The van der Waals surface area contributed by atoms with Crippen molar-refractivity contribution >= 4 is 5.78 Å². The SMILES string of the molecule is COc1ccc2c(c1)OC(c1ccccc1)C(=O)C2. The van der Waals surface area contributed by atoms with E-state index in [1.807, 2.05) is 48.5 Å². The van der Waals surface area contributed by atoms with Crippen LogP contribution in [0.15, 0.2) is 48.5 Å². The topological polar surface area (TPSA) is 35.5 Å². The minimum Gasteiger partial charge on any atom is -0.497 e. The first-order chi connectivity index (χ1) is 9.28. The van der Waals surface area contributed by atoms with Gasteiger partial charge in [-0.25, -0.2) is 0 Å². The van der Waals surface area contributed by atoms with Crippen molar-refractivity contribution in [2.75, 3.05) is 7.11 Å². The lowest BCUT2D eigenvalue weighted by Crippen LogP contribution is -2.25. The number of Topliss-reactive ketones (excluding diaryl/α,β-unsaturated/α-hetero) is 1. The molecular weight excluding hydrogens is 240 g/mol. The highest BCUT2D eigenvalue weighted by molar-refractivity contribution is 5.88. The molecule has 0 fully saturated rings. The summed E-state index contributed by atoms with van der Waals surface area (Å²) in [6.07, 6.45) is -0.111. The summed E-state index contributed by atoms with van der Waals surface area (Å²) in [5, 5.41) is 0. The van der Waals surface area contributed by atoms with Gasteiger partial charge in [0.15, 0.2) is 11.9 Å². The zero-order valence-electron chi connectivity index (χ0n) is 10.6. The van der Waals surface area contributed by atoms with Gasteiger partial charge in [0, 0.05) is 18.1 Å². The van der Waals surface area contributed by atoms with E-state index in [4.69, 9.17) is 9.47 Å². The van der Waals surface area contributed by atoms with Crippen LogP contribution in [0.4, 0.5) is 0 Å². The molecule has 1 aliphatic rings. The molecule has 0 radical (unpaired) electrons. The highest BCUT2D eigenvalue weighted by Gasteiger charge is 2.29. The second kappa shape index (κ2) is 4.76. The van der Waals surface area contributed by atoms with E-state index < -0.39 is 6.10 Å². The van der Waals surface area contributed by atoms with Crippen LogP contribution in [0.1, 0.15) is 17.2 Å². The Balaban J connectivity index is 1.96. The lowest BCUT2D eigenvalue weighted by Gasteiger charge is -2.25. The monoisotopic (exact) mass is 254 g/mol. The Hall–Kier alpha value is -2.29. The summed E-state index contributed by atoms with van der Waals surface area (Å²) in [5.41, 5.74) is 1.80. The Bertz CT molecular complexity index is 605. The number of benzene rings is 2. The van der Waals surface area contributed by atoms with Crippen LogP contribution in [0.3, 0.4) is 0 Å². The number of methoxy groups -OCH3 is 1. The lowest BCUT2D eigenvalue weighted by molar-refractivity contribution is -0.126. The number of ether oxygens (including phenoxy) is 2. The van der Waals surface area contributed by atoms with Gasteiger partial charge >= 0.3 is 0 Å². The predicted octanol–water partition coefficient (Wildman–Crippen LogP) is 2.94. The normalized spacial score (nSPS) is 17.5. The van der Waals surface area contributed by atoms with Gasteiger partial charge in [0.1, 0.15) is 11.5 Å². The first kappa shape index (κ1) is 11.8. The summed E-state index contributed by atoms with van der Waals surface area (Å²) in [6.45, 7) is 0. The van der Waals surface area contributed by atoms with Crippen LogP contribution in [0.2, 0.25) is 0 Å². The molecule has 0 aromatic heterocycles. The van der Waals surface area contributed by atoms with Crippen LogP contribution in [-0.2, 0) is 11.2 Å². The van der Waals surface area contributed by atoms with E-state index in [-0.39, 0.29) is 5.78 Å². The minimum atomic E-state index is -0.513. The van der Waals surface area contributed by atoms with Crippen molar-refractivity contribution in [1.29, 1.82) is 0 Å². The molecule has 0 amide bonds. The molecule has 1 atom stereocenters. The fourth-order valence-corrected chi connectivity index (χ4v) is 2.27. The second-order valence-corrected chi connectivity index (χ2v) is 4.53. The molecule has 0 aliphatic carbocycles. The molecule has 19 heavy (non-hydrogen) atoms. The molecule has 3 nitrogen and oxygen atoms in total. The second-order valence-electron chi connectivity index (χ2n) is 4.53. The van der Waals surface area contributed by atoms with E-state index in [0.717, 1.165) is 22.6 Å². The molecule has 0 N–H and O–H groups in total. The summed E-state index contributed by atoms with van der Waals surface area (Å²) in [4.78, 5) is 12.2. The van der Waals surface area contributed by atoms with Crippen LogP contribution < -0.4 is 9.47 Å². The number of carbonyl (C=O) groups is 1. The maximum absolute atomic E-state index is 12.2. The number of hydrogen-bond donors (Lipinski definition) is 0. The molecule has 0 spiro atoms. The smallest absolute Gasteiger partial charge is 0.182 e. The van der Waals surface area contributed by atoms with Gasteiger partial charge in [-0.3, -0.25) is 4.79 Å². The Morgan fingerprint density at radius 3 is 2.68 bits per heavy atom. The van der Waals surface area contributed by atoms with Gasteiger partial charge in [0.25, 0.3) is 0 Å². The van der Waals surface area contributed by atoms with Crippen molar-refractivity contribution < 1.29 is 14.3 Å². The number of carbonyl (C=O) groups excluding carboxylic acids is 1. The maximum atomic E-state index is 12.2. The van der Waals surface area contributed by atoms with Crippen LogP contribution in [-0.4, -0.2) is 12.9 Å². The van der Waals surface area contributed by atoms with Crippen LogP contribution in [0.5, 0.6) is 11.5 Å². The van der Waals surface area contributed by atoms with Gasteiger partial charge in [0.05, 0.1) is 7.11 Å². The van der Waals surface area contributed by atoms with Gasteiger partial charge in [0.2, 0.25) is 0 Å². The third-order valence-electron chi connectivity index (χ3n) is 3.28. The van der Waals surface area contributed by atoms with Gasteiger partial charge in [-0.15, -0.1) is 0 Å². The molecule has 3 heteroatoms. The van der Waals surface area contributed by atoms with Gasteiger partial charge in [-0.05, 0) is 11.6 Å². The van der Waals surface area contributed by atoms with Crippen LogP contribution in [0, 0.1) is 0 Å². The van der Waals surface area contributed by atoms with Crippen molar-refractivity contribution in [3.8, 4) is 11.5 Å². The molecule has 1 aliphatic heterocycles. The molecule has 96 valence electrons. The van der Waals surface area contributed by atoms with Crippen molar-refractivity contribution in [1.82, 2.24) is 0 Å². The number of rotatable bonds is 2. The fourth-order valence-electron chi connectivity index (χ4n) is 2.27. The van der Waals surface area contributed by atoms with Gasteiger partial charge in [-0.2, -0.15) is 0 Å². The molecule has 1 unspecified atom stereocenters. The van der Waals surface area contributed by atoms with Crippen molar-refractivity contribution in [3.05, 3.63) is 59.7 Å². The van der Waals surface area contributed by atoms with E-state index in [0.29, 0.717) is 6.42 Å². The summed E-state index contributed by atoms with van der Waals surface area (Å²) >= 11 is 0. The number of hydrogen-bond acceptors (Lipinski definition) is 3. The quantitative estimate of drug-likeness (QED) is 0.826. The van der Waals surface area contributed by atoms with E-state index in [1.165, 1.54) is 0 Å². The Morgan fingerprint density at radius 1 is 1.16 bits per heavy atom.